The van der Waals surface area contributed by atoms with Crippen molar-refractivity contribution in [3.63, 3.8) is 0 Å². The van der Waals surface area contributed by atoms with Crippen molar-refractivity contribution in [1.29, 1.82) is 0 Å². The van der Waals surface area contributed by atoms with E-state index >= 15 is 0 Å². The zero-order valence-corrected chi connectivity index (χ0v) is 15.5. The molecule has 0 heterocycles. The maximum Gasteiger partial charge on any atom is 0.165 e. The summed E-state index contributed by atoms with van der Waals surface area (Å²) in [7, 11) is 0. The average molecular weight is 350 g/mol. The number of carbonyl (C=O) groups is 1. The summed E-state index contributed by atoms with van der Waals surface area (Å²) in [5.74, 6) is 0.535. The summed E-state index contributed by atoms with van der Waals surface area (Å²) < 4.78 is 6.07. The molecule has 3 aliphatic carbocycles. The summed E-state index contributed by atoms with van der Waals surface area (Å²) in [6, 6.07) is 0. The van der Waals surface area contributed by atoms with Gasteiger partial charge in [0.1, 0.15) is 5.60 Å². The summed E-state index contributed by atoms with van der Waals surface area (Å²) >= 11 is 0. The maximum absolute atomic E-state index is 12.3. The molecule has 0 bridgehead atoms. The number of Topliss-reactive ketones (excluding diaryl/α,β-unsaturated/α-hetero) is 1. The highest BCUT2D eigenvalue weighted by Crippen LogP contribution is 2.52. The zero-order valence-electron chi connectivity index (χ0n) is 15.5. The van der Waals surface area contributed by atoms with Crippen LogP contribution in [0.15, 0.2) is 12.2 Å². The van der Waals surface area contributed by atoms with E-state index in [2.05, 4.69) is 6.92 Å². The first-order valence-corrected chi connectivity index (χ1v) is 10.3. The maximum atomic E-state index is 12.3. The predicted molar refractivity (Wildman–Crippen MR) is 97.2 cm³/mol. The number of aliphatic hydroxyl groups is 2. The Balaban J connectivity index is 1.65. The number of carbonyl (C=O) groups excluding carboxylic acids is 1. The molecule has 5 atom stereocenters. The topological polar surface area (TPSA) is 66.8 Å². The fourth-order valence-corrected chi connectivity index (χ4v) is 5.00. The Kier molecular flexibility index (Phi) is 6.35. The van der Waals surface area contributed by atoms with Gasteiger partial charge in [0, 0.05) is 24.9 Å². The van der Waals surface area contributed by atoms with Crippen molar-refractivity contribution >= 4 is 5.78 Å². The van der Waals surface area contributed by atoms with E-state index in [1.54, 1.807) is 0 Å². The van der Waals surface area contributed by atoms with Gasteiger partial charge in [-0.15, -0.1) is 0 Å². The quantitative estimate of drug-likeness (QED) is 0.545. The van der Waals surface area contributed by atoms with E-state index in [0.29, 0.717) is 31.8 Å². The highest BCUT2D eigenvalue weighted by molar-refractivity contribution is 5.94. The molecule has 0 unspecified atom stereocenters. The molecule has 3 rings (SSSR count). The molecule has 0 aromatic heterocycles. The second-order valence-electron chi connectivity index (χ2n) is 8.28. The van der Waals surface area contributed by atoms with Crippen molar-refractivity contribution in [1.82, 2.24) is 0 Å². The van der Waals surface area contributed by atoms with Gasteiger partial charge in [-0.05, 0) is 38.0 Å². The first-order valence-electron chi connectivity index (χ1n) is 10.3. The van der Waals surface area contributed by atoms with Crippen LogP contribution in [0.3, 0.4) is 0 Å². The molecular weight excluding hydrogens is 316 g/mol. The van der Waals surface area contributed by atoms with Gasteiger partial charge in [0.15, 0.2) is 5.78 Å². The molecule has 2 N–H and O–H groups in total. The minimum atomic E-state index is -0.667. The van der Waals surface area contributed by atoms with Crippen LogP contribution in [0, 0.1) is 17.8 Å². The highest BCUT2D eigenvalue weighted by Gasteiger charge is 2.61. The van der Waals surface area contributed by atoms with Gasteiger partial charge in [-0.2, -0.15) is 0 Å². The number of aliphatic hydroxyl groups excluding tert-OH is 2. The average Bonchev–Trinajstić information content (AvgIpc) is 2.63. The van der Waals surface area contributed by atoms with Crippen molar-refractivity contribution in [2.24, 2.45) is 17.8 Å². The van der Waals surface area contributed by atoms with Crippen LogP contribution in [0.4, 0.5) is 0 Å². The zero-order chi connectivity index (χ0) is 17.9. The van der Waals surface area contributed by atoms with E-state index < -0.39 is 17.8 Å². The molecule has 0 aromatic carbocycles. The SMILES string of the molecule is CCCCO[C@@]12CC[C@H](O)[C@@H](/C=C/[C@@H](O)C3CCCCC3)[C@@H]1CC2=O. The predicted octanol–water partition coefficient (Wildman–Crippen LogP) is 3.40. The molecule has 3 saturated carbocycles. The Morgan fingerprint density at radius 1 is 1.28 bits per heavy atom. The third kappa shape index (κ3) is 3.86. The summed E-state index contributed by atoms with van der Waals surface area (Å²) in [6.07, 6.45) is 12.6. The molecule has 4 nitrogen and oxygen atoms in total. The van der Waals surface area contributed by atoms with Crippen LogP contribution in [-0.4, -0.2) is 40.4 Å². The third-order valence-electron chi connectivity index (χ3n) is 6.72. The fraction of sp³-hybridized carbons (Fsp3) is 0.857. The Morgan fingerprint density at radius 2 is 2.04 bits per heavy atom. The van der Waals surface area contributed by atoms with Gasteiger partial charge in [0.25, 0.3) is 0 Å². The van der Waals surface area contributed by atoms with E-state index in [-0.39, 0.29) is 17.6 Å². The highest BCUT2D eigenvalue weighted by atomic mass is 16.5. The van der Waals surface area contributed by atoms with Crippen LogP contribution in [0.25, 0.3) is 0 Å². The van der Waals surface area contributed by atoms with Gasteiger partial charge in [0.2, 0.25) is 0 Å². The van der Waals surface area contributed by atoms with Gasteiger partial charge in [-0.3, -0.25) is 4.79 Å². The standard InChI is InChI=1S/C21H34O4/c1-2-3-13-25-21-12-11-19(23)16(17(21)14-20(21)24)9-10-18(22)15-7-5-4-6-8-15/h9-10,15-19,22-23H,2-8,11-14H2,1H3/b10-9+/t16-,17-,18+,19-,21-/m0/s1. The Bertz CT molecular complexity index is 482. The minimum Gasteiger partial charge on any atom is -0.393 e. The van der Waals surface area contributed by atoms with Crippen LogP contribution >= 0.6 is 0 Å². The van der Waals surface area contributed by atoms with Crippen LogP contribution in [0.5, 0.6) is 0 Å². The fourth-order valence-electron chi connectivity index (χ4n) is 5.00. The van der Waals surface area contributed by atoms with Crippen LogP contribution < -0.4 is 0 Å². The van der Waals surface area contributed by atoms with E-state index in [4.69, 9.17) is 4.74 Å². The number of fused-ring (bicyclic) bond motifs is 1. The summed E-state index contributed by atoms with van der Waals surface area (Å²) in [5, 5.41) is 21.0. The molecule has 0 spiro atoms. The lowest BCUT2D eigenvalue weighted by Crippen LogP contribution is -2.65. The second kappa shape index (κ2) is 8.32. The molecule has 0 radical (unpaired) electrons. The molecule has 0 amide bonds. The summed E-state index contributed by atoms with van der Waals surface area (Å²) in [6.45, 7) is 2.74. The lowest BCUT2D eigenvalue weighted by atomic mass is 9.55. The number of hydrogen-bond donors (Lipinski definition) is 2. The number of ether oxygens (including phenoxy) is 1. The molecule has 0 aromatic rings. The summed E-state index contributed by atoms with van der Waals surface area (Å²) in [4.78, 5) is 12.3. The van der Waals surface area contributed by atoms with Gasteiger partial charge < -0.3 is 14.9 Å². The molecule has 3 aliphatic rings. The van der Waals surface area contributed by atoms with Crippen LogP contribution in [0.2, 0.25) is 0 Å². The smallest absolute Gasteiger partial charge is 0.165 e. The molecule has 25 heavy (non-hydrogen) atoms. The number of rotatable bonds is 7. The number of ketones is 1. The lowest BCUT2D eigenvalue weighted by molar-refractivity contribution is -0.199. The Hall–Kier alpha value is -0.710. The molecular formula is C21H34O4. The minimum absolute atomic E-state index is 0.0652. The van der Waals surface area contributed by atoms with Crippen LogP contribution in [0.1, 0.15) is 71.1 Å². The first kappa shape index (κ1) is 19.1. The van der Waals surface area contributed by atoms with E-state index in [9.17, 15) is 15.0 Å². The van der Waals surface area contributed by atoms with E-state index in [0.717, 1.165) is 25.7 Å². The van der Waals surface area contributed by atoms with Gasteiger partial charge in [0.05, 0.1) is 12.2 Å². The Labute approximate surface area is 151 Å². The van der Waals surface area contributed by atoms with Crippen LogP contribution in [-0.2, 0) is 9.53 Å². The van der Waals surface area contributed by atoms with Gasteiger partial charge in [-0.1, -0.05) is 44.8 Å². The molecule has 0 aliphatic heterocycles. The second-order valence-corrected chi connectivity index (χ2v) is 8.28. The molecule has 3 fully saturated rings. The van der Waals surface area contributed by atoms with Crippen molar-refractivity contribution in [2.45, 2.75) is 88.9 Å². The third-order valence-corrected chi connectivity index (χ3v) is 6.72. The molecule has 142 valence electrons. The number of unbranched alkanes of at least 4 members (excludes halogenated alkanes) is 1. The normalized spacial score (nSPS) is 37.7. The van der Waals surface area contributed by atoms with Crippen molar-refractivity contribution in [2.75, 3.05) is 6.61 Å². The monoisotopic (exact) mass is 350 g/mol. The number of hydrogen-bond acceptors (Lipinski definition) is 4. The molecule has 4 heteroatoms. The largest absolute Gasteiger partial charge is 0.393 e. The first-order chi connectivity index (χ1) is 12.1. The van der Waals surface area contributed by atoms with E-state index in [1.807, 2.05) is 12.2 Å². The lowest BCUT2D eigenvalue weighted by Gasteiger charge is -2.54. The van der Waals surface area contributed by atoms with E-state index in [1.165, 1.54) is 19.3 Å². The summed E-state index contributed by atoms with van der Waals surface area (Å²) in [5.41, 5.74) is -0.667. The van der Waals surface area contributed by atoms with Crippen molar-refractivity contribution in [3.05, 3.63) is 12.2 Å². The Morgan fingerprint density at radius 3 is 2.72 bits per heavy atom. The van der Waals surface area contributed by atoms with Crippen molar-refractivity contribution in [3.8, 4) is 0 Å². The molecule has 0 saturated heterocycles. The van der Waals surface area contributed by atoms with Crippen molar-refractivity contribution < 1.29 is 19.7 Å². The van der Waals surface area contributed by atoms with Gasteiger partial charge in [-0.25, -0.2) is 0 Å². The van der Waals surface area contributed by atoms with Gasteiger partial charge >= 0.3 is 0 Å².